The lowest BCUT2D eigenvalue weighted by atomic mass is 10.2. The summed E-state index contributed by atoms with van der Waals surface area (Å²) in [5.74, 6) is 1.32. The zero-order chi connectivity index (χ0) is 13.0. The highest BCUT2D eigenvalue weighted by atomic mass is 16.5. The molecule has 0 spiro atoms. The van der Waals surface area contributed by atoms with Crippen molar-refractivity contribution in [3.05, 3.63) is 36.2 Å². The third-order valence-electron chi connectivity index (χ3n) is 2.47. The van der Waals surface area contributed by atoms with Gasteiger partial charge in [-0.25, -0.2) is 9.97 Å². The molecule has 1 aromatic heterocycles. The Kier molecular flexibility index (Phi) is 3.62. The van der Waals surface area contributed by atoms with Crippen LogP contribution in [0.4, 0.5) is 17.2 Å². The molecule has 2 aromatic rings. The summed E-state index contributed by atoms with van der Waals surface area (Å²) in [6.07, 6.45) is 1.48. The number of hydrogen-bond acceptors (Lipinski definition) is 5. The van der Waals surface area contributed by atoms with E-state index in [1.165, 1.54) is 6.33 Å². The van der Waals surface area contributed by atoms with E-state index < -0.39 is 0 Å². The van der Waals surface area contributed by atoms with E-state index in [1.807, 2.05) is 38.1 Å². The molecule has 0 saturated carbocycles. The Balaban J connectivity index is 2.26. The fraction of sp³-hybridized carbons (Fsp3) is 0.231. The van der Waals surface area contributed by atoms with Gasteiger partial charge in [-0.05, 0) is 32.0 Å². The van der Waals surface area contributed by atoms with Gasteiger partial charge in [0.1, 0.15) is 12.1 Å². The average molecular weight is 244 g/mol. The summed E-state index contributed by atoms with van der Waals surface area (Å²) in [7, 11) is 0. The predicted octanol–water partition coefficient (Wildman–Crippen LogP) is 2.51. The fourth-order valence-electron chi connectivity index (χ4n) is 1.60. The molecule has 0 bridgehead atoms. The largest absolute Gasteiger partial charge is 0.478 e. The lowest BCUT2D eigenvalue weighted by Gasteiger charge is -2.11. The Hall–Kier alpha value is -2.30. The Morgan fingerprint density at radius 3 is 2.89 bits per heavy atom. The van der Waals surface area contributed by atoms with Gasteiger partial charge in [0, 0.05) is 11.4 Å². The van der Waals surface area contributed by atoms with Crippen molar-refractivity contribution in [3.63, 3.8) is 0 Å². The Morgan fingerprint density at radius 1 is 1.33 bits per heavy atom. The van der Waals surface area contributed by atoms with Gasteiger partial charge in [0.05, 0.1) is 12.2 Å². The number of benzene rings is 1. The van der Waals surface area contributed by atoms with Crippen LogP contribution in [0, 0.1) is 6.92 Å². The Labute approximate surface area is 106 Å². The van der Waals surface area contributed by atoms with Crippen LogP contribution < -0.4 is 15.8 Å². The van der Waals surface area contributed by atoms with Crippen LogP contribution in [-0.4, -0.2) is 16.6 Å². The second kappa shape index (κ2) is 5.35. The highest BCUT2D eigenvalue weighted by molar-refractivity contribution is 5.64. The van der Waals surface area contributed by atoms with Crippen LogP contribution >= 0.6 is 0 Å². The van der Waals surface area contributed by atoms with Gasteiger partial charge in [-0.3, -0.25) is 0 Å². The number of nitrogen functional groups attached to an aromatic ring is 1. The maximum atomic E-state index is 5.73. The maximum absolute atomic E-state index is 5.73. The lowest BCUT2D eigenvalue weighted by molar-refractivity contribution is 0.324. The topological polar surface area (TPSA) is 73.1 Å². The van der Waals surface area contributed by atoms with Crippen LogP contribution in [0.1, 0.15) is 12.5 Å². The van der Waals surface area contributed by atoms with Crippen molar-refractivity contribution in [1.82, 2.24) is 9.97 Å². The van der Waals surface area contributed by atoms with Gasteiger partial charge >= 0.3 is 0 Å². The number of nitrogens with one attached hydrogen (secondary N) is 1. The molecule has 0 aliphatic rings. The molecule has 1 heterocycles. The SMILES string of the molecule is CCOc1ncnc(Nc2cccc(N)c2)c1C. The monoisotopic (exact) mass is 244 g/mol. The van der Waals surface area contributed by atoms with Crippen LogP contribution in [0.25, 0.3) is 0 Å². The fourth-order valence-corrected chi connectivity index (χ4v) is 1.60. The molecular weight excluding hydrogens is 228 g/mol. The molecule has 3 N–H and O–H groups in total. The first-order chi connectivity index (χ1) is 8.70. The van der Waals surface area contributed by atoms with E-state index in [2.05, 4.69) is 15.3 Å². The summed E-state index contributed by atoms with van der Waals surface area (Å²) in [5.41, 5.74) is 8.20. The van der Waals surface area contributed by atoms with E-state index in [-0.39, 0.29) is 0 Å². The van der Waals surface area contributed by atoms with Crippen LogP contribution in [0.5, 0.6) is 5.88 Å². The van der Waals surface area contributed by atoms with Gasteiger partial charge < -0.3 is 15.8 Å². The van der Waals surface area contributed by atoms with E-state index in [1.54, 1.807) is 0 Å². The molecule has 5 heteroatoms. The molecule has 0 fully saturated rings. The van der Waals surface area contributed by atoms with Crippen LogP contribution in [0.3, 0.4) is 0 Å². The number of nitrogens with zero attached hydrogens (tertiary/aromatic N) is 2. The molecule has 18 heavy (non-hydrogen) atoms. The minimum Gasteiger partial charge on any atom is -0.478 e. The van der Waals surface area contributed by atoms with Gasteiger partial charge in [0.25, 0.3) is 0 Å². The second-order valence-corrected chi connectivity index (χ2v) is 3.84. The van der Waals surface area contributed by atoms with Gasteiger partial charge in [0.15, 0.2) is 0 Å². The first-order valence-electron chi connectivity index (χ1n) is 5.77. The number of hydrogen-bond donors (Lipinski definition) is 2. The summed E-state index contributed by atoms with van der Waals surface area (Å²) in [4.78, 5) is 8.29. The molecule has 0 amide bonds. The number of rotatable bonds is 4. The molecule has 0 saturated heterocycles. The molecule has 5 nitrogen and oxygen atoms in total. The molecule has 0 radical (unpaired) electrons. The molecule has 0 unspecified atom stereocenters. The standard InChI is InChI=1S/C13H16N4O/c1-3-18-13-9(2)12(15-8-16-13)17-11-6-4-5-10(14)7-11/h4-8H,3,14H2,1-2H3,(H,15,16,17). The molecule has 0 atom stereocenters. The van der Waals surface area contributed by atoms with Crippen molar-refractivity contribution in [2.75, 3.05) is 17.7 Å². The summed E-state index contributed by atoms with van der Waals surface area (Å²) in [6, 6.07) is 7.50. The van der Waals surface area contributed by atoms with E-state index in [9.17, 15) is 0 Å². The van der Waals surface area contributed by atoms with Crippen molar-refractivity contribution < 1.29 is 4.74 Å². The third kappa shape index (κ3) is 2.68. The normalized spacial score (nSPS) is 10.1. The van der Waals surface area contributed by atoms with Gasteiger partial charge in [-0.15, -0.1) is 0 Å². The zero-order valence-corrected chi connectivity index (χ0v) is 10.5. The predicted molar refractivity (Wildman–Crippen MR) is 72.1 cm³/mol. The van der Waals surface area contributed by atoms with E-state index in [0.717, 1.165) is 17.1 Å². The number of anilines is 3. The van der Waals surface area contributed by atoms with E-state index in [0.29, 0.717) is 18.2 Å². The maximum Gasteiger partial charge on any atom is 0.221 e. The van der Waals surface area contributed by atoms with Crippen molar-refractivity contribution in [3.8, 4) is 5.88 Å². The molecule has 1 aromatic carbocycles. The first-order valence-corrected chi connectivity index (χ1v) is 5.77. The summed E-state index contributed by atoms with van der Waals surface area (Å²) < 4.78 is 5.42. The molecule has 94 valence electrons. The molecule has 0 aliphatic heterocycles. The third-order valence-corrected chi connectivity index (χ3v) is 2.47. The summed E-state index contributed by atoms with van der Waals surface area (Å²) in [6.45, 7) is 4.42. The Morgan fingerprint density at radius 2 is 2.17 bits per heavy atom. The highest BCUT2D eigenvalue weighted by Crippen LogP contribution is 2.24. The van der Waals surface area contributed by atoms with Gasteiger partial charge in [0.2, 0.25) is 5.88 Å². The number of aromatic nitrogens is 2. The van der Waals surface area contributed by atoms with Crippen molar-refractivity contribution in [2.24, 2.45) is 0 Å². The molecule has 0 aliphatic carbocycles. The van der Waals surface area contributed by atoms with E-state index in [4.69, 9.17) is 10.5 Å². The van der Waals surface area contributed by atoms with Crippen molar-refractivity contribution in [2.45, 2.75) is 13.8 Å². The smallest absolute Gasteiger partial charge is 0.221 e. The minimum absolute atomic E-state index is 0.579. The highest BCUT2D eigenvalue weighted by Gasteiger charge is 2.07. The average Bonchev–Trinajstić information content (AvgIpc) is 2.35. The lowest BCUT2D eigenvalue weighted by Crippen LogP contribution is -2.02. The summed E-state index contributed by atoms with van der Waals surface area (Å²) in [5, 5.41) is 3.20. The molecular formula is C13H16N4O. The first kappa shape index (κ1) is 12.2. The van der Waals surface area contributed by atoms with Gasteiger partial charge in [-0.2, -0.15) is 0 Å². The number of ether oxygens (including phenoxy) is 1. The Bertz CT molecular complexity index is 542. The van der Waals surface area contributed by atoms with Crippen molar-refractivity contribution in [1.29, 1.82) is 0 Å². The molecule has 2 rings (SSSR count). The van der Waals surface area contributed by atoms with Crippen LogP contribution in [-0.2, 0) is 0 Å². The van der Waals surface area contributed by atoms with Crippen LogP contribution in [0.15, 0.2) is 30.6 Å². The zero-order valence-electron chi connectivity index (χ0n) is 10.5. The van der Waals surface area contributed by atoms with E-state index >= 15 is 0 Å². The van der Waals surface area contributed by atoms with Crippen LogP contribution in [0.2, 0.25) is 0 Å². The second-order valence-electron chi connectivity index (χ2n) is 3.84. The minimum atomic E-state index is 0.579. The number of nitrogens with two attached hydrogens (primary N) is 1. The summed E-state index contributed by atoms with van der Waals surface area (Å²) >= 11 is 0. The quantitative estimate of drug-likeness (QED) is 0.808. The van der Waals surface area contributed by atoms with Crippen molar-refractivity contribution >= 4 is 17.2 Å². The van der Waals surface area contributed by atoms with Gasteiger partial charge in [-0.1, -0.05) is 6.07 Å².